The second-order valence-corrected chi connectivity index (χ2v) is 4.59. The summed E-state index contributed by atoms with van der Waals surface area (Å²) in [7, 11) is 1.69. The van der Waals surface area contributed by atoms with Crippen LogP contribution in [0.3, 0.4) is 0 Å². The molecule has 0 aliphatic heterocycles. The van der Waals surface area contributed by atoms with E-state index in [2.05, 4.69) is 0 Å². The van der Waals surface area contributed by atoms with Crippen molar-refractivity contribution in [3.05, 3.63) is 27.7 Å². The average Bonchev–Trinajstić information content (AvgIpc) is 2.34. The van der Waals surface area contributed by atoms with Crippen LogP contribution in [0.4, 0.5) is 5.69 Å². The Morgan fingerprint density at radius 2 is 1.94 bits per heavy atom. The number of amides is 1. The fourth-order valence-electron chi connectivity index (χ4n) is 1.38. The number of rotatable bonds is 5. The van der Waals surface area contributed by atoms with Crippen LogP contribution >= 0.6 is 23.2 Å². The monoisotopic (exact) mass is 290 g/mol. The standard InChI is InChI=1S/C12H16Cl2N2O2/c1-3-18-5-4-16(2)12(17)8-6-9(13)11(15)10(14)7-8/h6-7H,3-5,15H2,1-2H3. The van der Waals surface area contributed by atoms with E-state index in [1.807, 2.05) is 6.92 Å². The van der Waals surface area contributed by atoms with Gasteiger partial charge in [0, 0.05) is 25.8 Å². The Morgan fingerprint density at radius 1 is 1.39 bits per heavy atom. The highest BCUT2D eigenvalue weighted by Crippen LogP contribution is 2.29. The Bertz CT molecular complexity index is 415. The maximum atomic E-state index is 12.1. The molecule has 18 heavy (non-hydrogen) atoms. The summed E-state index contributed by atoms with van der Waals surface area (Å²) in [5, 5.41) is 0.563. The van der Waals surface area contributed by atoms with Crippen LogP contribution in [0, 0.1) is 0 Å². The van der Waals surface area contributed by atoms with Crippen LogP contribution in [0.5, 0.6) is 0 Å². The lowest BCUT2D eigenvalue weighted by atomic mass is 10.2. The molecule has 0 aromatic heterocycles. The van der Waals surface area contributed by atoms with Gasteiger partial charge in [-0.3, -0.25) is 4.79 Å². The number of halogens is 2. The summed E-state index contributed by atoms with van der Waals surface area (Å²) in [6.45, 7) is 3.53. The van der Waals surface area contributed by atoms with Crippen molar-refractivity contribution < 1.29 is 9.53 Å². The number of nitrogen functional groups attached to an aromatic ring is 1. The fraction of sp³-hybridized carbons (Fsp3) is 0.417. The van der Waals surface area contributed by atoms with Crippen molar-refractivity contribution in [3.63, 3.8) is 0 Å². The summed E-state index contributed by atoms with van der Waals surface area (Å²) in [5.74, 6) is -0.168. The van der Waals surface area contributed by atoms with Gasteiger partial charge in [-0.2, -0.15) is 0 Å². The number of nitrogens with two attached hydrogens (primary N) is 1. The number of nitrogens with zero attached hydrogens (tertiary/aromatic N) is 1. The highest BCUT2D eigenvalue weighted by atomic mass is 35.5. The number of anilines is 1. The minimum absolute atomic E-state index is 0.168. The molecule has 6 heteroatoms. The van der Waals surface area contributed by atoms with Gasteiger partial charge in [-0.1, -0.05) is 23.2 Å². The summed E-state index contributed by atoms with van der Waals surface area (Å²) >= 11 is 11.8. The topological polar surface area (TPSA) is 55.6 Å². The van der Waals surface area contributed by atoms with Crippen molar-refractivity contribution >= 4 is 34.8 Å². The van der Waals surface area contributed by atoms with Gasteiger partial charge in [-0.05, 0) is 19.1 Å². The molecule has 0 fully saturated rings. The highest BCUT2D eigenvalue weighted by molar-refractivity contribution is 6.39. The molecule has 2 N–H and O–H groups in total. The molecular formula is C12H16Cl2N2O2. The summed E-state index contributed by atoms with van der Waals surface area (Å²) in [6.07, 6.45) is 0. The molecule has 0 atom stereocenters. The molecule has 0 unspecified atom stereocenters. The SMILES string of the molecule is CCOCCN(C)C(=O)c1cc(Cl)c(N)c(Cl)c1. The molecule has 4 nitrogen and oxygen atoms in total. The maximum absolute atomic E-state index is 12.1. The van der Waals surface area contributed by atoms with E-state index in [1.165, 1.54) is 12.1 Å². The van der Waals surface area contributed by atoms with Gasteiger partial charge in [0.15, 0.2) is 0 Å². The third kappa shape index (κ3) is 3.77. The lowest BCUT2D eigenvalue weighted by Gasteiger charge is -2.17. The Hall–Kier alpha value is -0.970. The van der Waals surface area contributed by atoms with Gasteiger partial charge in [0.2, 0.25) is 0 Å². The highest BCUT2D eigenvalue weighted by Gasteiger charge is 2.14. The van der Waals surface area contributed by atoms with Gasteiger partial charge in [0.25, 0.3) is 5.91 Å². The number of hydrogen-bond acceptors (Lipinski definition) is 3. The molecule has 1 amide bonds. The first-order valence-electron chi connectivity index (χ1n) is 5.55. The van der Waals surface area contributed by atoms with Crippen molar-refractivity contribution in [2.45, 2.75) is 6.92 Å². The van der Waals surface area contributed by atoms with Crippen molar-refractivity contribution in [2.75, 3.05) is 32.5 Å². The zero-order valence-electron chi connectivity index (χ0n) is 10.4. The van der Waals surface area contributed by atoms with Crippen LogP contribution in [0.15, 0.2) is 12.1 Å². The molecule has 0 saturated carbocycles. The molecule has 1 aromatic rings. The fourth-order valence-corrected chi connectivity index (χ4v) is 1.86. The summed E-state index contributed by atoms with van der Waals surface area (Å²) in [4.78, 5) is 13.6. The Kier molecular flexibility index (Phi) is 5.72. The number of ether oxygens (including phenoxy) is 1. The van der Waals surface area contributed by atoms with Crippen molar-refractivity contribution in [3.8, 4) is 0 Å². The van der Waals surface area contributed by atoms with E-state index in [9.17, 15) is 4.79 Å². The average molecular weight is 291 g/mol. The lowest BCUT2D eigenvalue weighted by Crippen LogP contribution is -2.30. The first kappa shape index (κ1) is 15.1. The predicted molar refractivity (Wildman–Crippen MR) is 74.3 cm³/mol. The molecule has 0 heterocycles. The Labute approximate surface area is 117 Å². The molecule has 0 radical (unpaired) electrons. The minimum Gasteiger partial charge on any atom is -0.396 e. The molecule has 1 aromatic carbocycles. The Balaban J connectivity index is 2.77. The minimum atomic E-state index is -0.168. The first-order valence-corrected chi connectivity index (χ1v) is 6.30. The van der Waals surface area contributed by atoms with E-state index in [1.54, 1.807) is 11.9 Å². The Morgan fingerprint density at radius 3 is 2.44 bits per heavy atom. The third-order valence-electron chi connectivity index (χ3n) is 2.45. The molecule has 0 aliphatic carbocycles. The number of carbonyl (C=O) groups is 1. The number of likely N-dealkylation sites (N-methyl/N-ethyl adjacent to an activating group) is 1. The largest absolute Gasteiger partial charge is 0.396 e. The molecule has 0 saturated heterocycles. The van der Waals surface area contributed by atoms with E-state index < -0.39 is 0 Å². The van der Waals surface area contributed by atoms with E-state index in [0.717, 1.165) is 0 Å². The van der Waals surface area contributed by atoms with Crippen LogP contribution in [0.1, 0.15) is 17.3 Å². The second kappa shape index (κ2) is 6.83. The third-order valence-corrected chi connectivity index (χ3v) is 3.07. The zero-order valence-corrected chi connectivity index (χ0v) is 11.9. The van der Waals surface area contributed by atoms with Crippen LogP contribution < -0.4 is 5.73 Å². The van der Waals surface area contributed by atoms with Crippen molar-refractivity contribution in [1.29, 1.82) is 0 Å². The molecular weight excluding hydrogens is 275 g/mol. The predicted octanol–water partition coefficient (Wildman–Crippen LogP) is 2.68. The number of carbonyl (C=O) groups excluding carboxylic acids is 1. The van der Waals surface area contributed by atoms with E-state index in [4.69, 9.17) is 33.7 Å². The van der Waals surface area contributed by atoms with Gasteiger partial charge in [0.05, 0.1) is 22.3 Å². The van der Waals surface area contributed by atoms with E-state index >= 15 is 0 Å². The number of benzene rings is 1. The smallest absolute Gasteiger partial charge is 0.253 e. The molecule has 0 bridgehead atoms. The first-order chi connectivity index (χ1) is 8.47. The van der Waals surface area contributed by atoms with Crippen LogP contribution in [-0.2, 0) is 4.74 Å². The maximum Gasteiger partial charge on any atom is 0.253 e. The van der Waals surface area contributed by atoms with Crippen LogP contribution in [0.2, 0.25) is 10.0 Å². The molecule has 0 spiro atoms. The number of hydrogen-bond donors (Lipinski definition) is 1. The van der Waals surface area contributed by atoms with Gasteiger partial charge in [-0.25, -0.2) is 0 Å². The normalized spacial score (nSPS) is 10.4. The van der Waals surface area contributed by atoms with Crippen molar-refractivity contribution in [1.82, 2.24) is 4.90 Å². The molecule has 0 aliphatic rings. The van der Waals surface area contributed by atoms with Crippen molar-refractivity contribution in [2.24, 2.45) is 0 Å². The zero-order chi connectivity index (χ0) is 13.7. The van der Waals surface area contributed by atoms with Gasteiger partial charge < -0.3 is 15.4 Å². The molecule has 100 valence electrons. The van der Waals surface area contributed by atoms with Gasteiger partial charge in [0.1, 0.15) is 0 Å². The quantitative estimate of drug-likeness (QED) is 0.670. The lowest BCUT2D eigenvalue weighted by molar-refractivity contribution is 0.0710. The molecule has 1 rings (SSSR count). The van der Waals surface area contributed by atoms with Crippen LogP contribution in [-0.4, -0.2) is 37.6 Å². The van der Waals surface area contributed by atoms with Gasteiger partial charge >= 0.3 is 0 Å². The second-order valence-electron chi connectivity index (χ2n) is 3.78. The van der Waals surface area contributed by atoms with E-state index in [-0.39, 0.29) is 21.6 Å². The van der Waals surface area contributed by atoms with Gasteiger partial charge in [-0.15, -0.1) is 0 Å². The van der Waals surface area contributed by atoms with E-state index in [0.29, 0.717) is 25.3 Å². The van der Waals surface area contributed by atoms with Crippen LogP contribution in [0.25, 0.3) is 0 Å². The summed E-state index contributed by atoms with van der Waals surface area (Å²) in [5.41, 5.74) is 6.32. The summed E-state index contributed by atoms with van der Waals surface area (Å²) < 4.78 is 5.19. The summed E-state index contributed by atoms with van der Waals surface area (Å²) in [6, 6.07) is 3.03.